The number of hydrogen-bond acceptors (Lipinski definition) is 5. The molecule has 37 heavy (non-hydrogen) atoms. The number of rotatable bonds is 6. The predicted octanol–water partition coefficient (Wildman–Crippen LogP) is 4.26. The number of nitrogens with zero attached hydrogens (tertiary/aromatic N) is 5. The van der Waals surface area contributed by atoms with Crippen LogP contribution in [0.1, 0.15) is 41.7 Å². The van der Waals surface area contributed by atoms with E-state index in [0.29, 0.717) is 22.5 Å². The van der Waals surface area contributed by atoms with Gasteiger partial charge in [0.15, 0.2) is 5.65 Å². The van der Waals surface area contributed by atoms with E-state index in [1.54, 1.807) is 35.2 Å². The van der Waals surface area contributed by atoms with Crippen LogP contribution < -0.4 is 10.6 Å². The smallest absolute Gasteiger partial charge is 0.253 e. The van der Waals surface area contributed by atoms with Crippen LogP contribution in [0.4, 0.5) is 10.3 Å². The maximum atomic E-state index is 13.6. The van der Waals surface area contributed by atoms with Crippen molar-refractivity contribution in [3.63, 3.8) is 0 Å². The highest BCUT2D eigenvalue weighted by molar-refractivity contribution is 6.07. The van der Waals surface area contributed by atoms with Crippen molar-refractivity contribution in [1.82, 2.24) is 29.5 Å². The van der Waals surface area contributed by atoms with Gasteiger partial charge in [-0.25, -0.2) is 8.91 Å². The maximum absolute atomic E-state index is 13.6. The summed E-state index contributed by atoms with van der Waals surface area (Å²) in [4.78, 5) is 34.3. The molecule has 0 unspecified atom stereocenters. The Kier molecular flexibility index (Phi) is 5.44. The van der Waals surface area contributed by atoms with Crippen LogP contribution >= 0.6 is 0 Å². The second kappa shape index (κ2) is 8.81. The van der Waals surface area contributed by atoms with E-state index in [4.69, 9.17) is 0 Å². The van der Waals surface area contributed by atoms with Crippen molar-refractivity contribution >= 4 is 34.3 Å². The van der Waals surface area contributed by atoms with E-state index in [0.717, 1.165) is 29.3 Å². The average molecular weight is 498 g/mol. The fraction of sp³-hybridized carbons (Fsp3) is 0.222. The maximum Gasteiger partial charge on any atom is 0.253 e. The number of aromatic nitrogens is 5. The number of carbonyl (C=O) groups excluding carboxylic acids is 2. The van der Waals surface area contributed by atoms with E-state index < -0.39 is 0 Å². The van der Waals surface area contributed by atoms with Crippen LogP contribution in [-0.4, -0.2) is 36.0 Å². The Bertz CT molecular complexity index is 1690. The van der Waals surface area contributed by atoms with Gasteiger partial charge in [-0.1, -0.05) is 12.1 Å². The Hall–Kier alpha value is -4.60. The highest BCUT2D eigenvalue weighted by Gasteiger charge is 2.30. The van der Waals surface area contributed by atoms with Crippen molar-refractivity contribution < 1.29 is 14.0 Å². The van der Waals surface area contributed by atoms with Crippen LogP contribution in [0.5, 0.6) is 0 Å². The molecule has 1 atom stereocenters. The molecule has 186 valence electrons. The lowest BCUT2D eigenvalue weighted by Gasteiger charge is -2.14. The van der Waals surface area contributed by atoms with Crippen LogP contribution in [-0.2, 0) is 11.8 Å². The van der Waals surface area contributed by atoms with E-state index in [2.05, 4.69) is 25.7 Å². The molecular weight excluding hydrogens is 473 g/mol. The van der Waals surface area contributed by atoms with Crippen molar-refractivity contribution in [2.45, 2.75) is 25.8 Å². The number of pyridine rings is 2. The second-order valence-corrected chi connectivity index (χ2v) is 9.41. The lowest BCUT2D eigenvalue weighted by Crippen LogP contribution is -2.26. The first kappa shape index (κ1) is 22.8. The zero-order valence-corrected chi connectivity index (χ0v) is 20.3. The molecule has 1 aliphatic carbocycles. The third kappa shape index (κ3) is 4.42. The zero-order valence-electron chi connectivity index (χ0n) is 20.3. The number of benzene rings is 1. The van der Waals surface area contributed by atoms with Gasteiger partial charge in [0.2, 0.25) is 11.9 Å². The van der Waals surface area contributed by atoms with Crippen LogP contribution in [0.3, 0.4) is 0 Å². The number of nitrogens with one attached hydrogen (secondary N) is 2. The molecule has 1 aromatic carbocycles. The Labute approximate surface area is 211 Å². The fourth-order valence-corrected chi connectivity index (χ4v) is 4.40. The monoisotopic (exact) mass is 497 g/mol. The summed E-state index contributed by atoms with van der Waals surface area (Å²) in [5, 5.41) is 10.8. The van der Waals surface area contributed by atoms with Gasteiger partial charge in [-0.3, -0.25) is 19.9 Å². The predicted molar refractivity (Wildman–Crippen MR) is 136 cm³/mol. The van der Waals surface area contributed by atoms with Gasteiger partial charge in [0.1, 0.15) is 5.82 Å². The Morgan fingerprint density at radius 1 is 1.16 bits per heavy atom. The lowest BCUT2D eigenvalue weighted by atomic mass is 10.1. The molecule has 4 aromatic heterocycles. The van der Waals surface area contributed by atoms with Crippen LogP contribution in [0.15, 0.2) is 61.1 Å². The lowest BCUT2D eigenvalue weighted by molar-refractivity contribution is -0.117. The van der Waals surface area contributed by atoms with Crippen molar-refractivity contribution in [3.05, 3.63) is 78.0 Å². The Morgan fingerprint density at radius 3 is 2.78 bits per heavy atom. The molecule has 0 radical (unpaired) electrons. The minimum atomic E-state index is -0.371. The number of fused-ring (bicyclic) bond motifs is 2. The summed E-state index contributed by atoms with van der Waals surface area (Å²) >= 11 is 0. The molecule has 0 bridgehead atoms. The number of carbonyl (C=O) groups is 2. The van der Waals surface area contributed by atoms with Crippen molar-refractivity contribution in [2.75, 3.05) is 5.32 Å². The van der Waals surface area contributed by atoms with Gasteiger partial charge in [0, 0.05) is 36.3 Å². The summed E-state index contributed by atoms with van der Waals surface area (Å²) in [6.07, 6.45) is 7.06. The topological polar surface area (TPSA) is 106 Å². The SMILES string of the molecule is C[C@H](NC(=O)c1cn(C)c2cnc(-c3ccn4nc(NC(=O)C5CC5)nc4c3)cc12)c1cccc(F)c1. The highest BCUT2D eigenvalue weighted by atomic mass is 19.1. The summed E-state index contributed by atoms with van der Waals surface area (Å²) in [7, 11) is 1.86. The van der Waals surface area contributed by atoms with Crippen molar-refractivity contribution in [2.24, 2.45) is 13.0 Å². The van der Waals surface area contributed by atoms with Gasteiger partial charge in [-0.2, -0.15) is 4.98 Å². The molecule has 2 N–H and O–H groups in total. The first-order chi connectivity index (χ1) is 17.9. The number of amides is 2. The third-order valence-electron chi connectivity index (χ3n) is 6.63. The van der Waals surface area contributed by atoms with Crippen molar-refractivity contribution in [3.8, 4) is 11.3 Å². The van der Waals surface area contributed by atoms with Crippen LogP contribution in [0.25, 0.3) is 27.8 Å². The molecule has 4 heterocycles. The Balaban J connectivity index is 1.29. The molecule has 1 saturated carbocycles. The summed E-state index contributed by atoms with van der Waals surface area (Å²) in [5.74, 6) is -0.325. The van der Waals surface area contributed by atoms with Crippen LogP contribution in [0.2, 0.25) is 0 Å². The Morgan fingerprint density at radius 2 is 2.00 bits per heavy atom. The molecule has 2 amide bonds. The normalized spacial score (nSPS) is 14.1. The molecule has 0 aliphatic heterocycles. The zero-order chi connectivity index (χ0) is 25.7. The summed E-state index contributed by atoms with van der Waals surface area (Å²) in [6, 6.07) is 11.4. The molecule has 6 rings (SSSR count). The quantitative estimate of drug-likeness (QED) is 0.365. The van der Waals surface area contributed by atoms with E-state index in [1.165, 1.54) is 12.1 Å². The molecule has 9 nitrogen and oxygen atoms in total. The van der Waals surface area contributed by atoms with Crippen molar-refractivity contribution in [1.29, 1.82) is 0 Å². The molecular formula is C27H24FN7O2. The van der Waals surface area contributed by atoms with E-state index in [9.17, 15) is 14.0 Å². The molecule has 0 spiro atoms. The fourth-order valence-electron chi connectivity index (χ4n) is 4.40. The van der Waals surface area contributed by atoms with Gasteiger partial charge < -0.3 is 9.88 Å². The molecule has 10 heteroatoms. The minimum Gasteiger partial charge on any atom is -0.348 e. The summed E-state index contributed by atoms with van der Waals surface area (Å²) in [5.41, 5.74) is 4.02. The van der Waals surface area contributed by atoms with Gasteiger partial charge in [0.25, 0.3) is 5.91 Å². The highest BCUT2D eigenvalue weighted by Crippen LogP contribution is 2.30. The number of hydrogen-bond donors (Lipinski definition) is 2. The molecule has 0 saturated heterocycles. The first-order valence-electron chi connectivity index (χ1n) is 12.0. The first-order valence-corrected chi connectivity index (χ1v) is 12.0. The number of aryl methyl sites for hydroxylation is 1. The van der Waals surface area contributed by atoms with Gasteiger partial charge in [0.05, 0.1) is 29.0 Å². The average Bonchev–Trinajstić information content (AvgIpc) is 3.59. The minimum absolute atomic E-state index is 0.0511. The van der Waals surface area contributed by atoms with E-state index >= 15 is 0 Å². The molecule has 1 fully saturated rings. The largest absolute Gasteiger partial charge is 0.348 e. The summed E-state index contributed by atoms with van der Waals surface area (Å²) in [6.45, 7) is 1.82. The van der Waals surface area contributed by atoms with Crippen LogP contribution in [0, 0.1) is 11.7 Å². The van der Waals surface area contributed by atoms with Gasteiger partial charge in [-0.15, -0.1) is 5.10 Å². The standard InChI is InChI=1S/C27H24FN7O2/c1-15(17-4-3-5-19(28)10-17)30-26(37)21-14-34(2)23-13-29-22(12-20(21)23)18-8-9-35-24(11-18)31-27(33-35)32-25(36)16-6-7-16/h3-5,8-16H,6-7H2,1-2H3,(H,30,37)(H,32,33,36)/t15-/m0/s1. The summed E-state index contributed by atoms with van der Waals surface area (Å²) < 4.78 is 17.1. The number of halogens is 1. The number of anilines is 1. The van der Waals surface area contributed by atoms with Gasteiger partial charge in [-0.05, 0) is 55.7 Å². The van der Waals surface area contributed by atoms with Gasteiger partial charge >= 0.3 is 0 Å². The second-order valence-electron chi connectivity index (χ2n) is 9.41. The van der Waals surface area contributed by atoms with E-state index in [1.807, 2.05) is 36.7 Å². The van der Waals surface area contributed by atoms with E-state index in [-0.39, 0.29) is 35.5 Å². The third-order valence-corrected chi connectivity index (χ3v) is 6.63. The molecule has 1 aliphatic rings. The molecule has 5 aromatic rings.